The van der Waals surface area contributed by atoms with Gasteiger partial charge in [0.15, 0.2) is 0 Å². The third-order valence-electron chi connectivity index (χ3n) is 3.11. The first-order valence-electron chi connectivity index (χ1n) is 5.69. The van der Waals surface area contributed by atoms with Gasteiger partial charge in [0.2, 0.25) is 5.91 Å². The average Bonchev–Trinajstić information content (AvgIpc) is 2.80. The van der Waals surface area contributed by atoms with Crippen molar-refractivity contribution in [3.8, 4) is 5.75 Å². The van der Waals surface area contributed by atoms with Gasteiger partial charge in [-0.05, 0) is 31.0 Å². The summed E-state index contributed by atoms with van der Waals surface area (Å²) in [6.45, 7) is 0.474. The number of nitrogen functional groups attached to an aromatic ring is 1. The molecular weight excluding hydrogens is 234 g/mol. The number of benzene rings is 1. The molecule has 1 aliphatic heterocycles. The number of amides is 2. The molecule has 6 heteroatoms. The van der Waals surface area contributed by atoms with Crippen molar-refractivity contribution < 1.29 is 14.7 Å². The first kappa shape index (κ1) is 12.2. The number of aromatic hydroxyl groups is 1. The fraction of sp³-hybridized carbons (Fsp3) is 0.333. The van der Waals surface area contributed by atoms with Crippen LogP contribution < -0.4 is 11.5 Å². The van der Waals surface area contributed by atoms with Crippen LogP contribution in [-0.2, 0) is 4.79 Å². The number of carbonyl (C=O) groups is 2. The van der Waals surface area contributed by atoms with E-state index in [1.165, 1.54) is 23.1 Å². The lowest BCUT2D eigenvalue weighted by Gasteiger charge is -2.22. The highest BCUT2D eigenvalue weighted by atomic mass is 16.3. The molecule has 1 heterocycles. The van der Waals surface area contributed by atoms with Gasteiger partial charge < -0.3 is 21.5 Å². The number of likely N-dealkylation sites (tertiary alicyclic amines) is 1. The Kier molecular flexibility index (Phi) is 3.10. The van der Waals surface area contributed by atoms with Crippen molar-refractivity contribution in [1.82, 2.24) is 4.90 Å². The van der Waals surface area contributed by atoms with E-state index < -0.39 is 11.9 Å². The highest BCUT2D eigenvalue weighted by Crippen LogP contribution is 2.24. The number of nitrogens with zero attached hydrogens (tertiary/aromatic N) is 1. The Hall–Kier alpha value is -2.24. The number of nitrogens with two attached hydrogens (primary N) is 2. The normalized spacial score (nSPS) is 18.9. The molecule has 0 spiro atoms. The highest BCUT2D eigenvalue weighted by Gasteiger charge is 2.33. The zero-order valence-electron chi connectivity index (χ0n) is 9.80. The summed E-state index contributed by atoms with van der Waals surface area (Å²) in [7, 11) is 0. The summed E-state index contributed by atoms with van der Waals surface area (Å²) in [5.74, 6) is -0.924. The van der Waals surface area contributed by atoms with E-state index in [1.807, 2.05) is 0 Å². The first-order chi connectivity index (χ1) is 8.50. The number of hydrogen-bond acceptors (Lipinski definition) is 4. The van der Waals surface area contributed by atoms with E-state index in [4.69, 9.17) is 11.5 Å². The molecule has 18 heavy (non-hydrogen) atoms. The number of phenols is 1. The second kappa shape index (κ2) is 4.56. The summed E-state index contributed by atoms with van der Waals surface area (Å²) in [5.41, 5.74) is 11.4. The largest absolute Gasteiger partial charge is 0.508 e. The van der Waals surface area contributed by atoms with Gasteiger partial charge in [0.1, 0.15) is 11.8 Å². The highest BCUT2D eigenvalue weighted by molar-refractivity contribution is 6.01. The number of rotatable bonds is 2. The standard InChI is InChI=1S/C12H15N3O3/c13-9-4-3-7(16)6-8(9)12(18)15-5-1-2-10(15)11(14)17/h3-4,6,10,16H,1-2,5,13H2,(H2,14,17). The number of carbonyl (C=O) groups excluding carboxylic acids is 2. The van der Waals surface area contributed by atoms with Crippen LogP contribution >= 0.6 is 0 Å². The monoisotopic (exact) mass is 249 g/mol. The second-order valence-corrected chi connectivity index (χ2v) is 4.33. The second-order valence-electron chi connectivity index (χ2n) is 4.33. The maximum Gasteiger partial charge on any atom is 0.256 e. The van der Waals surface area contributed by atoms with Crippen molar-refractivity contribution in [2.24, 2.45) is 5.73 Å². The molecule has 1 aromatic carbocycles. The van der Waals surface area contributed by atoms with Crippen LogP contribution in [0.5, 0.6) is 5.75 Å². The lowest BCUT2D eigenvalue weighted by molar-refractivity contribution is -0.121. The van der Waals surface area contributed by atoms with Crippen molar-refractivity contribution in [2.45, 2.75) is 18.9 Å². The minimum Gasteiger partial charge on any atom is -0.508 e. The topological polar surface area (TPSA) is 110 Å². The van der Waals surface area contributed by atoms with Crippen molar-refractivity contribution in [3.63, 3.8) is 0 Å². The molecule has 1 unspecified atom stereocenters. The molecule has 1 aliphatic rings. The third kappa shape index (κ3) is 2.09. The maximum atomic E-state index is 12.3. The average molecular weight is 249 g/mol. The van der Waals surface area contributed by atoms with Crippen LogP contribution in [0.1, 0.15) is 23.2 Å². The quantitative estimate of drug-likeness (QED) is 0.508. The van der Waals surface area contributed by atoms with Gasteiger partial charge in [-0.15, -0.1) is 0 Å². The van der Waals surface area contributed by atoms with Crippen molar-refractivity contribution in [2.75, 3.05) is 12.3 Å². The van der Waals surface area contributed by atoms with E-state index in [2.05, 4.69) is 0 Å². The number of anilines is 1. The smallest absolute Gasteiger partial charge is 0.256 e. The van der Waals surface area contributed by atoms with Crippen LogP contribution in [0, 0.1) is 0 Å². The van der Waals surface area contributed by atoms with Crippen LogP contribution in [-0.4, -0.2) is 34.4 Å². The molecule has 96 valence electrons. The molecule has 1 fully saturated rings. The number of primary amides is 1. The summed E-state index contributed by atoms with van der Waals surface area (Å²) in [5, 5.41) is 9.39. The molecule has 2 rings (SSSR count). The first-order valence-corrected chi connectivity index (χ1v) is 5.69. The van der Waals surface area contributed by atoms with E-state index in [9.17, 15) is 14.7 Å². The van der Waals surface area contributed by atoms with E-state index >= 15 is 0 Å². The van der Waals surface area contributed by atoms with Gasteiger partial charge in [0, 0.05) is 12.2 Å². The molecular formula is C12H15N3O3. The summed E-state index contributed by atoms with van der Waals surface area (Å²) in [4.78, 5) is 24.9. The molecule has 1 saturated heterocycles. The zero-order valence-corrected chi connectivity index (χ0v) is 9.80. The Morgan fingerprint density at radius 2 is 2.11 bits per heavy atom. The Morgan fingerprint density at radius 3 is 2.78 bits per heavy atom. The molecule has 0 saturated carbocycles. The number of phenolic OH excluding ortho intramolecular Hbond substituents is 1. The predicted molar refractivity (Wildman–Crippen MR) is 65.8 cm³/mol. The van der Waals surface area contributed by atoms with Crippen molar-refractivity contribution in [3.05, 3.63) is 23.8 Å². The minimum atomic E-state index is -0.584. The summed E-state index contributed by atoms with van der Waals surface area (Å²) in [6.07, 6.45) is 1.30. The van der Waals surface area contributed by atoms with Gasteiger partial charge >= 0.3 is 0 Å². The fourth-order valence-electron chi connectivity index (χ4n) is 2.19. The third-order valence-corrected chi connectivity index (χ3v) is 3.11. The Balaban J connectivity index is 2.31. The molecule has 6 nitrogen and oxygen atoms in total. The minimum absolute atomic E-state index is 0.0395. The fourth-order valence-corrected chi connectivity index (χ4v) is 2.19. The maximum absolute atomic E-state index is 12.3. The molecule has 1 atom stereocenters. The van der Waals surface area contributed by atoms with Gasteiger partial charge in [-0.3, -0.25) is 9.59 Å². The van der Waals surface area contributed by atoms with Gasteiger partial charge in [-0.25, -0.2) is 0 Å². The van der Waals surface area contributed by atoms with Crippen LogP contribution in [0.15, 0.2) is 18.2 Å². The van der Waals surface area contributed by atoms with E-state index in [0.29, 0.717) is 13.0 Å². The summed E-state index contributed by atoms with van der Waals surface area (Å²) in [6, 6.07) is 3.58. The predicted octanol–water partition coefficient (Wildman–Crippen LogP) is 0.0643. The molecule has 0 aromatic heterocycles. The Labute approximate surface area is 104 Å². The number of hydrogen-bond donors (Lipinski definition) is 3. The van der Waals surface area contributed by atoms with Crippen LogP contribution in [0.3, 0.4) is 0 Å². The summed E-state index contributed by atoms with van der Waals surface area (Å²) < 4.78 is 0. The Morgan fingerprint density at radius 1 is 1.39 bits per heavy atom. The molecule has 0 aliphatic carbocycles. The van der Waals surface area contributed by atoms with E-state index in [1.54, 1.807) is 0 Å². The molecule has 1 aromatic rings. The van der Waals surface area contributed by atoms with Crippen molar-refractivity contribution >= 4 is 17.5 Å². The molecule has 5 N–H and O–H groups in total. The van der Waals surface area contributed by atoms with Crippen LogP contribution in [0.2, 0.25) is 0 Å². The van der Waals surface area contributed by atoms with Gasteiger partial charge in [-0.1, -0.05) is 0 Å². The Bertz CT molecular complexity index is 501. The molecule has 2 amide bonds. The summed E-state index contributed by atoms with van der Waals surface area (Å²) >= 11 is 0. The zero-order chi connectivity index (χ0) is 13.3. The molecule has 0 bridgehead atoms. The van der Waals surface area contributed by atoms with E-state index in [0.717, 1.165) is 6.42 Å². The SMILES string of the molecule is NC(=O)C1CCCN1C(=O)c1cc(O)ccc1N. The van der Waals surface area contributed by atoms with Crippen molar-refractivity contribution in [1.29, 1.82) is 0 Å². The molecule has 0 radical (unpaired) electrons. The lowest BCUT2D eigenvalue weighted by atomic mass is 10.1. The van der Waals surface area contributed by atoms with Crippen LogP contribution in [0.4, 0.5) is 5.69 Å². The van der Waals surface area contributed by atoms with Gasteiger partial charge in [0.05, 0.1) is 5.56 Å². The van der Waals surface area contributed by atoms with Gasteiger partial charge in [-0.2, -0.15) is 0 Å². The van der Waals surface area contributed by atoms with Gasteiger partial charge in [0.25, 0.3) is 5.91 Å². The van der Waals surface area contributed by atoms with Crippen LogP contribution in [0.25, 0.3) is 0 Å². The van der Waals surface area contributed by atoms with E-state index in [-0.39, 0.29) is 22.9 Å². The lowest BCUT2D eigenvalue weighted by Crippen LogP contribution is -2.43.